The Morgan fingerprint density at radius 2 is 2.08 bits per heavy atom. The summed E-state index contributed by atoms with van der Waals surface area (Å²) in [6.45, 7) is 5.21. The molecular formula is C15H19BCl2N2O4. The summed E-state index contributed by atoms with van der Waals surface area (Å²) < 4.78 is 0. The van der Waals surface area contributed by atoms with Crippen LogP contribution < -0.4 is 5.32 Å². The zero-order valence-electron chi connectivity index (χ0n) is 13.2. The summed E-state index contributed by atoms with van der Waals surface area (Å²) in [5.74, 6) is -1.88. The molecule has 1 rings (SSSR count). The number of likely N-dealkylation sites (N-methyl/N-ethyl adjacent to an activating group) is 1. The van der Waals surface area contributed by atoms with Crippen LogP contribution >= 0.6 is 23.2 Å². The fraction of sp³-hybridized carbons (Fsp3) is 0.333. The van der Waals surface area contributed by atoms with Gasteiger partial charge in [-0.2, -0.15) is 0 Å². The van der Waals surface area contributed by atoms with Crippen LogP contribution in [0.3, 0.4) is 0 Å². The van der Waals surface area contributed by atoms with E-state index in [4.69, 9.17) is 23.2 Å². The summed E-state index contributed by atoms with van der Waals surface area (Å²) >= 11 is 11.9. The Kier molecular flexibility index (Phi) is 8.28. The second-order valence-electron chi connectivity index (χ2n) is 5.08. The van der Waals surface area contributed by atoms with Crippen molar-refractivity contribution < 1.29 is 19.6 Å². The van der Waals surface area contributed by atoms with E-state index in [1.54, 1.807) is 19.1 Å². The van der Waals surface area contributed by atoms with E-state index < -0.39 is 19.0 Å². The van der Waals surface area contributed by atoms with Gasteiger partial charge in [0, 0.05) is 16.6 Å². The molecule has 0 radical (unpaired) electrons. The summed E-state index contributed by atoms with van der Waals surface area (Å²) in [5.41, 5.74) is 0.606. The molecule has 0 heterocycles. The molecule has 1 aromatic carbocycles. The van der Waals surface area contributed by atoms with Crippen LogP contribution in [0.1, 0.15) is 12.5 Å². The fourth-order valence-electron chi connectivity index (χ4n) is 2.06. The van der Waals surface area contributed by atoms with E-state index in [1.165, 1.54) is 11.0 Å². The third-order valence-corrected chi connectivity index (χ3v) is 3.95. The van der Waals surface area contributed by atoms with Crippen molar-refractivity contribution in [1.82, 2.24) is 10.2 Å². The van der Waals surface area contributed by atoms with Gasteiger partial charge < -0.3 is 20.3 Å². The molecule has 0 bridgehead atoms. The average Bonchev–Trinajstić information content (AvgIpc) is 2.53. The Hall–Kier alpha value is -1.54. The molecule has 0 saturated heterocycles. The Bertz CT molecular complexity index is 613. The molecule has 6 nitrogen and oxygen atoms in total. The van der Waals surface area contributed by atoms with Crippen molar-refractivity contribution in [1.29, 1.82) is 0 Å². The van der Waals surface area contributed by atoms with Gasteiger partial charge in [-0.15, -0.1) is 0 Å². The molecule has 1 atom stereocenters. The van der Waals surface area contributed by atoms with Gasteiger partial charge in [-0.1, -0.05) is 35.8 Å². The van der Waals surface area contributed by atoms with E-state index in [0.29, 0.717) is 22.2 Å². The van der Waals surface area contributed by atoms with Gasteiger partial charge in [-0.3, -0.25) is 9.59 Å². The van der Waals surface area contributed by atoms with E-state index >= 15 is 0 Å². The topological polar surface area (TPSA) is 89.9 Å². The second-order valence-corrected chi connectivity index (χ2v) is 5.93. The monoisotopic (exact) mass is 372 g/mol. The molecule has 0 aliphatic carbocycles. The predicted octanol–water partition coefficient (Wildman–Crippen LogP) is 1.07. The van der Waals surface area contributed by atoms with Crippen molar-refractivity contribution in [2.75, 3.05) is 13.1 Å². The lowest BCUT2D eigenvalue weighted by atomic mass is 9.76. The molecule has 0 saturated carbocycles. The van der Waals surface area contributed by atoms with E-state index in [2.05, 4.69) is 11.9 Å². The molecule has 0 aliphatic heterocycles. The summed E-state index contributed by atoms with van der Waals surface area (Å²) in [7, 11) is -1.79. The fourth-order valence-corrected chi connectivity index (χ4v) is 2.54. The first-order chi connectivity index (χ1) is 11.3. The molecule has 3 N–H and O–H groups in total. The Morgan fingerprint density at radius 1 is 1.42 bits per heavy atom. The summed E-state index contributed by atoms with van der Waals surface area (Å²) in [6, 6.07) is 4.79. The maximum absolute atomic E-state index is 12.1. The molecule has 0 fully saturated rings. The Labute approximate surface area is 151 Å². The minimum Gasteiger partial charge on any atom is -0.426 e. The van der Waals surface area contributed by atoms with Gasteiger partial charge >= 0.3 is 7.12 Å². The van der Waals surface area contributed by atoms with Crippen LogP contribution in [0.4, 0.5) is 0 Å². The SMILES string of the molecule is C=CC(=O)N(CC)CC(=O)NC(Cc1ccc(Cl)cc1Cl)B(O)O. The van der Waals surface area contributed by atoms with Crippen molar-refractivity contribution in [2.24, 2.45) is 0 Å². The number of nitrogens with one attached hydrogen (secondary N) is 1. The van der Waals surface area contributed by atoms with Crippen LogP contribution in [0.2, 0.25) is 10.0 Å². The Balaban J connectivity index is 2.77. The molecule has 2 amide bonds. The Morgan fingerprint density at radius 3 is 2.58 bits per heavy atom. The molecule has 0 aliphatic rings. The zero-order valence-corrected chi connectivity index (χ0v) is 14.7. The number of nitrogens with zero attached hydrogens (tertiary/aromatic N) is 1. The van der Waals surface area contributed by atoms with Gasteiger partial charge in [-0.05, 0) is 37.1 Å². The molecule has 130 valence electrons. The molecular weight excluding hydrogens is 354 g/mol. The van der Waals surface area contributed by atoms with Crippen molar-refractivity contribution in [3.63, 3.8) is 0 Å². The maximum Gasteiger partial charge on any atom is 0.475 e. The number of amides is 2. The van der Waals surface area contributed by atoms with Crippen LogP contribution in [0.5, 0.6) is 0 Å². The van der Waals surface area contributed by atoms with Gasteiger partial charge in [0.25, 0.3) is 0 Å². The first-order valence-electron chi connectivity index (χ1n) is 7.29. The smallest absolute Gasteiger partial charge is 0.426 e. The number of hydrogen-bond acceptors (Lipinski definition) is 4. The van der Waals surface area contributed by atoms with Crippen molar-refractivity contribution in [3.8, 4) is 0 Å². The summed E-state index contributed by atoms with van der Waals surface area (Å²) in [5, 5.41) is 22.3. The number of rotatable bonds is 8. The number of benzene rings is 1. The normalized spacial score (nSPS) is 11.5. The van der Waals surface area contributed by atoms with Gasteiger partial charge in [0.1, 0.15) is 0 Å². The van der Waals surface area contributed by atoms with Gasteiger partial charge in [0.15, 0.2) is 0 Å². The van der Waals surface area contributed by atoms with Gasteiger partial charge in [-0.25, -0.2) is 0 Å². The van der Waals surface area contributed by atoms with Crippen molar-refractivity contribution in [3.05, 3.63) is 46.5 Å². The van der Waals surface area contributed by atoms with E-state index in [9.17, 15) is 19.6 Å². The van der Waals surface area contributed by atoms with Gasteiger partial charge in [0.05, 0.1) is 12.5 Å². The number of carbonyl (C=O) groups is 2. The van der Waals surface area contributed by atoms with E-state index in [0.717, 1.165) is 6.08 Å². The van der Waals surface area contributed by atoms with Crippen LogP contribution in [0, 0.1) is 0 Å². The van der Waals surface area contributed by atoms with E-state index in [1.807, 2.05) is 0 Å². The molecule has 9 heteroatoms. The lowest BCUT2D eigenvalue weighted by Gasteiger charge is -2.22. The maximum atomic E-state index is 12.1. The van der Waals surface area contributed by atoms with Crippen LogP contribution in [-0.4, -0.2) is 52.9 Å². The number of hydrogen-bond donors (Lipinski definition) is 3. The largest absolute Gasteiger partial charge is 0.475 e. The highest BCUT2D eigenvalue weighted by molar-refractivity contribution is 6.43. The molecule has 0 spiro atoms. The lowest BCUT2D eigenvalue weighted by molar-refractivity contribution is -0.132. The van der Waals surface area contributed by atoms with Crippen molar-refractivity contribution in [2.45, 2.75) is 19.3 Å². The third kappa shape index (κ3) is 6.16. The number of carbonyl (C=O) groups excluding carboxylic acids is 2. The first kappa shape index (κ1) is 20.5. The molecule has 1 aromatic rings. The highest BCUT2D eigenvalue weighted by Crippen LogP contribution is 2.22. The zero-order chi connectivity index (χ0) is 18.3. The minimum absolute atomic E-state index is 0.0982. The lowest BCUT2D eigenvalue weighted by Crippen LogP contribution is -2.51. The van der Waals surface area contributed by atoms with Crippen LogP contribution in [0.25, 0.3) is 0 Å². The number of halogens is 2. The quantitative estimate of drug-likeness (QED) is 0.470. The summed E-state index contributed by atoms with van der Waals surface area (Å²) in [4.78, 5) is 24.9. The van der Waals surface area contributed by atoms with Crippen LogP contribution in [0.15, 0.2) is 30.9 Å². The molecule has 24 heavy (non-hydrogen) atoms. The second kappa shape index (κ2) is 9.69. The first-order valence-corrected chi connectivity index (χ1v) is 8.04. The third-order valence-electron chi connectivity index (χ3n) is 3.36. The standard InChI is InChI=1S/C15H19BCl2N2O4/c1-3-15(22)20(4-2)9-14(21)19-13(16(23)24)7-10-5-6-11(17)8-12(10)18/h3,5-6,8,13,23-24H,1,4,7,9H2,2H3,(H,19,21). The molecule has 0 aromatic heterocycles. The minimum atomic E-state index is -1.79. The van der Waals surface area contributed by atoms with Crippen molar-refractivity contribution >= 4 is 42.1 Å². The predicted molar refractivity (Wildman–Crippen MR) is 94.7 cm³/mol. The molecule has 1 unspecified atom stereocenters. The highest BCUT2D eigenvalue weighted by atomic mass is 35.5. The van der Waals surface area contributed by atoms with Crippen LogP contribution in [-0.2, 0) is 16.0 Å². The highest BCUT2D eigenvalue weighted by Gasteiger charge is 2.27. The average molecular weight is 373 g/mol. The van der Waals surface area contributed by atoms with Gasteiger partial charge in [0.2, 0.25) is 11.8 Å². The van der Waals surface area contributed by atoms with E-state index in [-0.39, 0.29) is 18.9 Å². The summed E-state index contributed by atoms with van der Waals surface area (Å²) in [6.07, 6.45) is 1.21.